The van der Waals surface area contributed by atoms with Crippen LogP contribution in [-0.4, -0.2) is 118 Å². The molecule has 1 aromatic heterocycles. The van der Waals surface area contributed by atoms with E-state index in [-0.39, 0.29) is 80.6 Å². The first-order valence-corrected chi connectivity index (χ1v) is 23.6. The van der Waals surface area contributed by atoms with Gasteiger partial charge in [0.1, 0.15) is 19.6 Å². The van der Waals surface area contributed by atoms with Gasteiger partial charge in [-0.25, -0.2) is 0 Å². The maximum absolute atomic E-state index is 13.2. The summed E-state index contributed by atoms with van der Waals surface area (Å²) in [4.78, 5) is 64.9. The molecule has 3 aliphatic rings. The lowest BCUT2D eigenvalue weighted by Gasteiger charge is -2.32. The van der Waals surface area contributed by atoms with Crippen LogP contribution in [0.25, 0.3) is 10.9 Å². The summed E-state index contributed by atoms with van der Waals surface area (Å²) in [6.07, 6.45) is -4.85. The number of methoxy groups -OCH3 is 2. The molecule has 2 aromatic carbocycles. The number of ketones is 2. The van der Waals surface area contributed by atoms with Crippen LogP contribution in [0.3, 0.4) is 0 Å². The maximum atomic E-state index is 13.2. The molecule has 3 aliphatic heterocycles. The smallest absolute Gasteiger partial charge is 0.471 e. The quantitative estimate of drug-likeness (QED) is 0.106. The monoisotopic (exact) mass is 894 g/mol. The fourth-order valence-corrected chi connectivity index (χ4v) is 7.54. The van der Waals surface area contributed by atoms with Crippen molar-refractivity contribution in [3.05, 3.63) is 53.2 Å². The zero-order valence-electron chi connectivity index (χ0n) is 35.5. The summed E-state index contributed by atoms with van der Waals surface area (Å²) >= 11 is 0. The van der Waals surface area contributed by atoms with Crippen LogP contribution in [0.5, 0.6) is 11.5 Å². The summed E-state index contributed by atoms with van der Waals surface area (Å²) in [6.45, 7) is 9.08. The van der Waals surface area contributed by atoms with Crippen LogP contribution in [0, 0.1) is 23.3 Å². The number of halogens is 6. The second-order valence-electron chi connectivity index (χ2n) is 16.1. The second kappa shape index (κ2) is 21.1. The zero-order chi connectivity index (χ0) is 46.0. The number of Topliss-reactive ketones (excluding diaryl/α,β-unsaturated/α-hetero) is 2. The predicted octanol–water partition coefficient (Wildman–Crippen LogP) is 7.82. The molecular weight excluding hydrogens is 843 g/mol. The number of hydrogen-bond donors (Lipinski definition) is 2. The second-order valence-corrected chi connectivity index (χ2v) is 20.8. The fraction of sp³-hybridized carbons (Fsp3) is 0.512. The molecule has 2 N–H and O–H groups in total. The molecule has 0 unspecified atom stereocenters. The number of anilines is 1. The molecule has 338 valence electrons. The van der Waals surface area contributed by atoms with Gasteiger partial charge in [0.05, 0.1) is 31.0 Å². The Morgan fingerprint density at radius 2 is 1.23 bits per heavy atom. The number of hydrogen-bond acceptors (Lipinski definition) is 8. The van der Waals surface area contributed by atoms with Gasteiger partial charge in [-0.05, 0) is 56.7 Å². The van der Waals surface area contributed by atoms with Crippen molar-refractivity contribution in [3.8, 4) is 23.0 Å². The Morgan fingerprint density at radius 3 is 1.63 bits per heavy atom. The minimum atomic E-state index is -4.93. The highest BCUT2D eigenvalue weighted by atomic mass is 28.3. The van der Waals surface area contributed by atoms with E-state index in [9.17, 15) is 50.3 Å². The number of carbonyl (C=O) groups excluding carboxylic acids is 5. The molecule has 62 heavy (non-hydrogen) atoms. The van der Waals surface area contributed by atoms with Crippen molar-refractivity contribution in [1.29, 1.82) is 0 Å². The third-order valence-electron chi connectivity index (χ3n) is 10.2. The molecule has 12 nitrogen and oxygen atoms in total. The summed E-state index contributed by atoms with van der Waals surface area (Å²) in [5.74, 6) is -1.74. The van der Waals surface area contributed by atoms with E-state index >= 15 is 0 Å². The maximum Gasteiger partial charge on any atom is 0.471 e. The molecule has 3 saturated heterocycles. The van der Waals surface area contributed by atoms with Gasteiger partial charge in [-0.1, -0.05) is 25.6 Å². The topological polar surface area (TPSA) is 147 Å². The highest BCUT2D eigenvalue weighted by Crippen LogP contribution is 2.34. The highest BCUT2D eigenvalue weighted by molar-refractivity contribution is 6.83. The first kappa shape index (κ1) is 49.3. The Morgan fingerprint density at radius 1 is 0.758 bits per heavy atom. The molecule has 0 bridgehead atoms. The van der Waals surface area contributed by atoms with Crippen LogP contribution in [0.2, 0.25) is 19.6 Å². The molecule has 3 fully saturated rings. The van der Waals surface area contributed by atoms with Gasteiger partial charge in [-0.15, -0.1) is 5.54 Å². The Balaban J connectivity index is 0.000000249. The summed E-state index contributed by atoms with van der Waals surface area (Å²) in [6, 6.07) is 8.37. The van der Waals surface area contributed by atoms with Gasteiger partial charge >= 0.3 is 24.2 Å². The average molecular weight is 895 g/mol. The Kier molecular flexibility index (Phi) is 16.8. The van der Waals surface area contributed by atoms with E-state index in [1.807, 2.05) is 6.07 Å². The van der Waals surface area contributed by atoms with Crippen LogP contribution in [0.15, 0.2) is 36.5 Å². The summed E-state index contributed by atoms with van der Waals surface area (Å²) in [5, 5.41) is 3.55. The first-order valence-electron chi connectivity index (χ1n) is 20.1. The number of nitrogens with one attached hydrogen (secondary N) is 2. The number of aromatic nitrogens is 1. The lowest BCUT2D eigenvalue weighted by atomic mass is 9.87. The fourth-order valence-electron chi connectivity index (χ4n) is 7.03. The van der Waals surface area contributed by atoms with Gasteiger partial charge in [0.2, 0.25) is 5.91 Å². The Hall–Kier alpha value is -5.35. The van der Waals surface area contributed by atoms with Gasteiger partial charge in [0.25, 0.3) is 0 Å². The minimum Gasteiger partial charge on any atom is -0.496 e. The van der Waals surface area contributed by atoms with Crippen LogP contribution >= 0.6 is 0 Å². The molecule has 19 heteroatoms. The molecule has 0 aliphatic carbocycles. The number of amides is 3. The van der Waals surface area contributed by atoms with Gasteiger partial charge in [-0.2, -0.15) is 26.3 Å². The van der Waals surface area contributed by atoms with Crippen molar-refractivity contribution in [1.82, 2.24) is 14.8 Å². The molecule has 0 saturated carbocycles. The number of fused-ring (bicyclic) bond motifs is 1. The number of nitrogens with zero attached hydrogens (tertiary/aromatic N) is 2. The van der Waals surface area contributed by atoms with E-state index in [1.165, 1.54) is 40.1 Å². The van der Waals surface area contributed by atoms with Gasteiger partial charge in [-0.3, -0.25) is 24.0 Å². The predicted molar refractivity (Wildman–Crippen MR) is 222 cm³/mol. The van der Waals surface area contributed by atoms with Crippen molar-refractivity contribution in [3.63, 3.8) is 0 Å². The van der Waals surface area contributed by atoms with Crippen molar-refractivity contribution < 1.29 is 64.5 Å². The number of piperidine rings is 2. The number of likely N-dealkylation sites (tertiary alicyclic amines) is 2. The molecule has 0 spiro atoms. The zero-order valence-corrected chi connectivity index (χ0v) is 36.5. The third kappa shape index (κ3) is 13.6. The molecule has 3 aromatic rings. The lowest BCUT2D eigenvalue weighted by molar-refractivity contribution is -0.186. The van der Waals surface area contributed by atoms with Crippen LogP contribution in [0.4, 0.5) is 32.0 Å². The summed E-state index contributed by atoms with van der Waals surface area (Å²) in [5.41, 5.74) is 5.59. The average Bonchev–Trinajstić information content (AvgIpc) is 3.97. The molecule has 4 heterocycles. The van der Waals surface area contributed by atoms with Gasteiger partial charge in [0, 0.05) is 92.9 Å². The Bertz CT molecular complexity index is 2140. The van der Waals surface area contributed by atoms with Crippen molar-refractivity contribution in [2.45, 2.75) is 77.4 Å². The van der Waals surface area contributed by atoms with E-state index in [1.54, 1.807) is 24.4 Å². The minimum absolute atomic E-state index is 0.0799. The van der Waals surface area contributed by atoms with Gasteiger partial charge in [0.15, 0.2) is 11.6 Å². The first-order chi connectivity index (χ1) is 29.0. The molecular formula is C43H52F6N4O8Si. The molecule has 6 rings (SSSR count). The number of aromatic amines is 1. The highest BCUT2D eigenvalue weighted by Gasteiger charge is 2.45. The van der Waals surface area contributed by atoms with Crippen molar-refractivity contribution >= 4 is 54.0 Å². The number of rotatable bonds is 7. The lowest BCUT2D eigenvalue weighted by Crippen LogP contribution is -2.46. The standard InChI is InChI=1S/C22H27F3N2O4Si.C17H17F3N2O3.C4H8O/c1-14(28)26-18-13-19(31-2)17(12-16(18)8-11-32(3,4)5)20(29)15-6-9-27(10-7-15)21(30)22(23,24)25;1-25-14-9-13-11(2-5-21-13)8-12(14)15(23)10-3-6-22(7-4-10)16(24)17(18,19)20;1-2-4-5-3-1/h12-13,15H,6-7,9-10H2,1-5H3,(H,26,28);2,5,8-10,21H,3-4,6-7H2,1H3;1-4H2. The van der Waals surface area contributed by atoms with E-state index in [2.05, 4.69) is 41.4 Å². The van der Waals surface area contributed by atoms with Crippen molar-refractivity contribution in [2.75, 3.05) is 58.9 Å². The Labute approximate surface area is 357 Å². The van der Waals surface area contributed by atoms with Crippen LogP contribution in [-0.2, 0) is 19.1 Å². The number of H-pyrrole nitrogens is 1. The normalized spacial score (nSPS) is 16.2. The van der Waals surface area contributed by atoms with Gasteiger partial charge < -0.3 is 34.3 Å². The third-order valence-corrected chi connectivity index (χ3v) is 11.1. The van der Waals surface area contributed by atoms with Crippen molar-refractivity contribution in [2.24, 2.45) is 11.8 Å². The summed E-state index contributed by atoms with van der Waals surface area (Å²) < 4.78 is 91.1. The molecule has 0 atom stereocenters. The summed E-state index contributed by atoms with van der Waals surface area (Å²) in [7, 11) is 1.10. The van der Waals surface area contributed by atoms with E-state index in [0.29, 0.717) is 22.6 Å². The van der Waals surface area contributed by atoms with E-state index in [0.717, 1.165) is 33.9 Å². The number of benzene rings is 2. The van der Waals surface area contributed by atoms with Crippen LogP contribution in [0.1, 0.15) is 71.7 Å². The molecule has 3 amide bonds. The molecule has 0 radical (unpaired) electrons. The largest absolute Gasteiger partial charge is 0.496 e. The van der Waals surface area contributed by atoms with E-state index in [4.69, 9.17) is 14.2 Å². The SMILES string of the molecule is C1CCOC1.COc1cc(NC(C)=O)c(C#C[Si](C)(C)C)cc1C(=O)C1CCN(C(=O)C(F)(F)F)CC1.COc1cc2[nH]ccc2cc1C(=O)C1CCN(C(=O)C(F)(F)F)CC1. The number of ether oxygens (including phenoxy) is 3. The number of carbonyl (C=O) groups is 5. The van der Waals surface area contributed by atoms with Crippen LogP contribution < -0.4 is 14.8 Å². The number of alkyl halides is 6. The van der Waals surface area contributed by atoms with E-state index < -0.39 is 44.1 Å².